The number of rotatable bonds is 5. The summed E-state index contributed by atoms with van der Waals surface area (Å²) in [5.41, 5.74) is 1.09. The van der Waals surface area contributed by atoms with E-state index in [1.165, 1.54) is 12.1 Å². The van der Waals surface area contributed by atoms with Gasteiger partial charge in [-0.1, -0.05) is 12.1 Å². The van der Waals surface area contributed by atoms with Crippen LogP contribution in [0.1, 0.15) is 24.0 Å². The highest BCUT2D eigenvalue weighted by Crippen LogP contribution is 2.35. The Morgan fingerprint density at radius 1 is 1.00 bits per heavy atom. The zero-order valence-electron chi connectivity index (χ0n) is 16.8. The number of aliphatic carboxylic acids is 2. The Labute approximate surface area is 196 Å². The number of carbonyl (C=O) groups excluding carboxylic acids is 1. The minimum atomic E-state index is -1.82. The molecule has 0 radical (unpaired) electrons. The molecule has 0 aliphatic carbocycles. The molecule has 1 heterocycles. The molecule has 1 aliphatic heterocycles. The van der Waals surface area contributed by atoms with Crippen molar-refractivity contribution < 1.29 is 34.3 Å². The van der Waals surface area contributed by atoms with E-state index in [0.29, 0.717) is 12.8 Å². The summed E-state index contributed by atoms with van der Waals surface area (Å²) in [6, 6.07) is 14.1. The molecule has 2 aromatic carbocycles. The van der Waals surface area contributed by atoms with Gasteiger partial charge in [0.2, 0.25) is 0 Å². The van der Waals surface area contributed by atoms with Crippen molar-refractivity contribution in [3.63, 3.8) is 0 Å². The van der Waals surface area contributed by atoms with Gasteiger partial charge in [0.05, 0.1) is 10.3 Å². The van der Waals surface area contributed by atoms with Crippen molar-refractivity contribution in [1.29, 1.82) is 0 Å². The topological polar surface area (TPSA) is 156 Å². The molecule has 10 nitrogen and oxygen atoms in total. The standard InChI is InChI=1S/C19H19IN2O4.C2H2O4/c20-16-5-3-15(4-6-16)19(9-11-21-12-10-19)18(23)26-13-14-1-7-17(8-2-14)22(24)25;3-1(4)2(5)6/h1-8,21H,9-13H2;(H,3,4)(H,5,6). The molecule has 3 N–H and O–H groups in total. The van der Waals surface area contributed by atoms with Gasteiger partial charge in [-0.3, -0.25) is 14.9 Å². The van der Waals surface area contributed by atoms with E-state index in [4.69, 9.17) is 24.5 Å². The maximum Gasteiger partial charge on any atom is 0.414 e. The first-order chi connectivity index (χ1) is 15.2. The highest BCUT2D eigenvalue weighted by atomic mass is 127. The number of carboxylic acids is 2. The van der Waals surface area contributed by atoms with Crippen LogP contribution in [-0.2, 0) is 31.1 Å². The predicted octanol–water partition coefficient (Wildman–Crippen LogP) is 2.72. The minimum Gasteiger partial charge on any atom is -0.473 e. The summed E-state index contributed by atoms with van der Waals surface area (Å²) in [6.45, 7) is 1.63. The Morgan fingerprint density at radius 2 is 1.53 bits per heavy atom. The summed E-state index contributed by atoms with van der Waals surface area (Å²) in [5, 5.41) is 28.8. The zero-order valence-corrected chi connectivity index (χ0v) is 19.0. The van der Waals surface area contributed by atoms with Crippen LogP contribution in [0, 0.1) is 13.7 Å². The van der Waals surface area contributed by atoms with Gasteiger partial charge in [-0.05, 0) is 83.9 Å². The largest absolute Gasteiger partial charge is 0.473 e. The van der Waals surface area contributed by atoms with E-state index < -0.39 is 22.3 Å². The van der Waals surface area contributed by atoms with Gasteiger partial charge >= 0.3 is 17.9 Å². The van der Waals surface area contributed by atoms with Crippen LogP contribution in [-0.4, -0.2) is 46.1 Å². The molecule has 2 aromatic rings. The normalized spacial score (nSPS) is 14.4. The van der Waals surface area contributed by atoms with Crippen LogP contribution in [0.3, 0.4) is 0 Å². The second-order valence-corrected chi connectivity index (χ2v) is 8.19. The van der Waals surface area contributed by atoms with Crippen LogP contribution in [0.5, 0.6) is 0 Å². The van der Waals surface area contributed by atoms with Gasteiger partial charge in [0.15, 0.2) is 0 Å². The molecule has 0 bridgehead atoms. The molecule has 0 saturated carbocycles. The highest BCUT2D eigenvalue weighted by molar-refractivity contribution is 14.1. The van der Waals surface area contributed by atoms with Crippen molar-refractivity contribution in [2.75, 3.05) is 13.1 Å². The fraction of sp³-hybridized carbons (Fsp3) is 0.286. The lowest BCUT2D eigenvalue weighted by Gasteiger charge is -2.35. The van der Waals surface area contributed by atoms with Gasteiger partial charge in [0.25, 0.3) is 5.69 Å². The number of piperidine rings is 1. The van der Waals surface area contributed by atoms with Crippen molar-refractivity contribution in [1.82, 2.24) is 5.32 Å². The Morgan fingerprint density at radius 3 is 2.00 bits per heavy atom. The molecule has 1 saturated heterocycles. The minimum absolute atomic E-state index is 0.0220. The van der Waals surface area contributed by atoms with Crippen molar-refractivity contribution in [2.45, 2.75) is 24.9 Å². The maximum absolute atomic E-state index is 13.0. The zero-order chi connectivity index (χ0) is 23.7. The van der Waals surface area contributed by atoms with E-state index in [-0.39, 0.29) is 18.3 Å². The molecule has 0 aromatic heterocycles. The van der Waals surface area contributed by atoms with Crippen molar-refractivity contribution in [2.24, 2.45) is 0 Å². The summed E-state index contributed by atoms with van der Waals surface area (Å²) in [5.74, 6) is -3.89. The van der Waals surface area contributed by atoms with Crippen molar-refractivity contribution in [3.8, 4) is 0 Å². The lowest BCUT2D eigenvalue weighted by molar-refractivity contribution is -0.384. The summed E-state index contributed by atoms with van der Waals surface area (Å²) in [6.07, 6.45) is 1.37. The first-order valence-corrected chi connectivity index (χ1v) is 10.6. The third-order valence-electron chi connectivity index (χ3n) is 4.94. The third kappa shape index (κ3) is 6.72. The molecule has 170 valence electrons. The summed E-state index contributed by atoms with van der Waals surface area (Å²) >= 11 is 2.24. The number of benzene rings is 2. The second-order valence-electron chi connectivity index (χ2n) is 6.95. The fourth-order valence-electron chi connectivity index (χ4n) is 3.23. The van der Waals surface area contributed by atoms with Crippen LogP contribution in [0.4, 0.5) is 5.69 Å². The lowest BCUT2D eigenvalue weighted by atomic mass is 9.73. The molecule has 11 heteroatoms. The number of carboxylic acid groups (broad SMARTS) is 2. The number of nitrogens with zero attached hydrogens (tertiary/aromatic N) is 1. The number of nitro groups is 1. The molecule has 0 unspecified atom stereocenters. The van der Waals surface area contributed by atoms with Gasteiger partial charge in [-0.15, -0.1) is 0 Å². The van der Waals surface area contributed by atoms with Gasteiger partial charge in [0.1, 0.15) is 6.61 Å². The molecule has 0 atom stereocenters. The first kappa shape index (κ1) is 25.2. The number of esters is 1. The van der Waals surface area contributed by atoms with Gasteiger partial charge in [0, 0.05) is 15.7 Å². The molecular weight excluding hydrogens is 535 g/mol. The molecule has 1 aliphatic rings. The van der Waals surface area contributed by atoms with E-state index in [9.17, 15) is 14.9 Å². The highest BCUT2D eigenvalue weighted by Gasteiger charge is 2.42. The average molecular weight is 556 g/mol. The van der Waals surface area contributed by atoms with E-state index in [2.05, 4.69) is 27.9 Å². The summed E-state index contributed by atoms with van der Waals surface area (Å²) in [4.78, 5) is 41.5. The number of ether oxygens (including phenoxy) is 1. The fourth-order valence-corrected chi connectivity index (χ4v) is 3.59. The Balaban J connectivity index is 0.000000534. The molecule has 0 spiro atoms. The second kappa shape index (κ2) is 11.5. The number of non-ortho nitro benzene ring substituents is 1. The van der Waals surface area contributed by atoms with E-state index in [1.54, 1.807) is 12.1 Å². The van der Waals surface area contributed by atoms with E-state index in [1.807, 2.05) is 24.3 Å². The Bertz CT molecular complexity index is 958. The SMILES string of the molecule is O=C(O)C(=O)O.O=C(OCc1ccc([N+](=O)[O-])cc1)C1(c2ccc(I)cc2)CCNCC1. The summed E-state index contributed by atoms with van der Waals surface area (Å²) < 4.78 is 6.74. The summed E-state index contributed by atoms with van der Waals surface area (Å²) in [7, 11) is 0. The first-order valence-electron chi connectivity index (χ1n) is 9.49. The predicted molar refractivity (Wildman–Crippen MR) is 121 cm³/mol. The van der Waals surface area contributed by atoms with Crippen molar-refractivity contribution >= 4 is 46.2 Å². The number of hydrogen-bond acceptors (Lipinski definition) is 7. The van der Waals surface area contributed by atoms with Gasteiger partial charge in [-0.25, -0.2) is 9.59 Å². The molecule has 0 amide bonds. The smallest absolute Gasteiger partial charge is 0.414 e. The van der Waals surface area contributed by atoms with Crippen LogP contribution < -0.4 is 5.32 Å². The Hall–Kier alpha value is -3.06. The average Bonchev–Trinajstić information content (AvgIpc) is 2.79. The quantitative estimate of drug-likeness (QED) is 0.166. The number of nitro benzene ring substituents is 1. The molecule has 3 rings (SSSR count). The van der Waals surface area contributed by atoms with Gasteiger partial charge in [-0.2, -0.15) is 0 Å². The molecular formula is C21H21IN2O8. The van der Waals surface area contributed by atoms with E-state index in [0.717, 1.165) is 27.8 Å². The number of hydrogen-bond donors (Lipinski definition) is 3. The van der Waals surface area contributed by atoms with Crippen molar-refractivity contribution in [3.05, 3.63) is 73.3 Å². The van der Waals surface area contributed by atoms with Crippen LogP contribution in [0.25, 0.3) is 0 Å². The molecule has 1 fully saturated rings. The number of carbonyl (C=O) groups is 3. The van der Waals surface area contributed by atoms with E-state index >= 15 is 0 Å². The van der Waals surface area contributed by atoms with Gasteiger partial charge < -0.3 is 20.3 Å². The lowest BCUT2D eigenvalue weighted by Crippen LogP contribution is -2.46. The number of nitrogens with one attached hydrogen (secondary N) is 1. The monoisotopic (exact) mass is 556 g/mol. The van der Waals surface area contributed by atoms with Crippen LogP contribution >= 0.6 is 22.6 Å². The van der Waals surface area contributed by atoms with Crippen LogP contribution in [0.2, 0.25) is 0 Å². The third-order valence-corrected chi connectivity index (χ3v) is 5.66. The number of halogens is 1. The maximum atomic E-state index is 13.0. The molecule has 32 heavy (non-hydrogen) atoms. The van der Waals surface area contributed by atoms with Crippen LogP contribution in [0.15, 0.2) is 48.5 Å². The Kier molecular flexibility index (Phi) is 9.08.